The van der Waals surface area contributed by atoms with E-state index in [-0.39, 0.29) is 60.7 Å². The molecule has 8 rings (SSSR count). The number of ether oxygens (including phenoxy) is 1. The average molecular weight is 825 g/mol. The Kier molecular flexibility index (Phi) is 11.6. The second kappa shape index (κ2) is 17.3. The van der Waals surface area contributed by atoms with E-state index in [4.69, 9.17) is 26.6 Å². The van der Waals surface area contributed by atoms with Crippen molar-refractivity contribution in [1.82, 2.24) is 39.7 Å². The van der Waals surface area contributed by atoms with Gasteiger partial charge in [0.1, 0.15) is 5.60 Å². The molecule has 0 aliphatic rings. The topological polar surface area (TPSA) is 281 Å². The van der Waals surface area contributed by atoms with Crippen molar-refractivity contribution in [2.24, 2.45) is 0 Å². The molecule has 0 fully saturated rings. The number of esters is 1. The molecule has 4 aromatic carbocycles. The molecule has 0 bridgehead atoms. The molecule has 0 radical (unpaired) electrons. The van der Waals surface area contributed by atoms with Crippen LogP contribution in [0.5, 0.6) is 0 Å². The lowest BCUT2D eigenvalue weighted by molar-refractivity contribution is -0.155. The van der Waals surface area contributed by atoms with Crippen LogP contribution in [0.1, 0.15) is 54.3 Å². The minimum Gasteiger partial charge on any atom is -0.460 e. The number of anilines is 4. The van der Waals surface area contributed by atoms with Gasteiger partial charge in [0.25, 0.3) is 0 Å². The second-order valence-electron chi connectivity index (χ2n) is 14.7. The van der Waals surface area contributed by atoms with Gasteiger partial charge < -0.3 is 36.4 Å². The Morgan fingerprint density at radius 2 is 1.08 bits per heavy atom. The first-order valence-electron chi connectivity index (χ1n) is 18.8. The fraction of sp³-hybridized carbons (Fsp3) is 0.190. The number of hydrogen-bond acceptors (Lipinski definition) is 16. The first-order chi connectivity index (χ1) is 29.2. The Morgan fingerprint density at radius 3 is 1.52 bits per heavy atom. The molecule has 8 aromatic rings. The number of nitrogens with two attached hydrogens (primary N) is 3. The largest absolute Gasteiger partial charge is 0.460 e. The molecule has 61 heavy (non-hydrogen) atoms. The number of carbonyl (C=O) groups is 4. The number of aromatic nitrogens is 8. The molecule has 0 aliphatic heterocycles. The number of ketones is 2. The molecule has 19 heteroatoms. The number of nitrogens with zero attached hydrogens (tertiary/aromatic N) is 8. The molecule has 0 saturated carbocycles. The summed E-state index contributed by atoms with van der Waals surface area (Å²) in [5.74, 6) is -0.0266. The number of para-hydroxylation sites is 4. The molecule has 310 valence electrons. The van der Waals surface area contributed by atoms with Crippen LogP contribution >= 0.6 is 0 Å². The van der Waals surface area contributed by atoms with Gasteiger partial charge in [0.15, 0.2) is 46.2 Å². The highest BCUT2D eigenvalue weighted by molar-refractivity contribution is 5.99. The number of nitrogens with one attached hydrogen (secondary N) is 1. The van der Waals surface area contributed by atoms with Crippen molar-refractivity contribution in [3.63, 3.8) is 0 Å². The van der Waals surface area contributed by atoms with Crippen LogP contribution in [0.2, 0.25) is 0 Å². The average Bonchev–Trinajstić information content (AvgIpc) is 4.03. The van der Waals surface area contributed by atoms with Gasteiger partial charge in [0, 0.05) is 28.9 Å². The van der Waals surface area contributed by atoms with Crippen molar-refractivity contribution in [3.05, 3.63) is 108 Å². The van der Waals surface area contributed by atoms with E-state index in [0.717, 1.165) is 16.6 Å². The van der Waals surface area contributed by atoms with Gasteiger partial charge in [-0.25, -0.2) is 19.2 Å². The number of imidazole rings is 2. The number of carbonyl (C=O) groups excluding carboxylic acids is 4. The summed E-state index contributed by atoms with van der Waals surface area (Å²) in [6.07, 6.45) is -0.0292. The number of fused-ring (bicyclic) bond motifs is 2. The minimum atomic E-state index is -0.599. The highest BCUT2D eigenvalue weighted by atomic mass is 16.6. The van der Waals surface area contributed by atoms with Gasteiger partial charge in [-0.15, -0.1) is 0 Å². The van der Waals surface area contributed by atoms with Gasteiger partial charge in [-0.05, 0) is 114 Å². The summed E-state index contributed by atoms with van der Waals surface area (Å²) in [4.78, 5) is 58.9. The molecule has 4 aromatic heterocycles. The van der Waals surface area contributed by atoms with Crippen LogP contribution in [0.15, 0.2) is 106 Å². The van der Waals surface area contributed by atoms with E-state index in [0.29, 0.717) is 45.4 Å². The SMILES string of the molecule is CC(C)(C)OC(=O)CCC(=O)Nc1ccc(C(=O)Cn2c(-c3nonc3N)nc3ccccc32)cc1.Nc1ccc(C(=O)Cn2c(-c3nonc3N)nc3ccccc32)cc1. The zero-order valence-corrected chi connectivity index (χ0v) is 33.2. The molecule has 0 spiro atoms. The molecule has 0 atom stereocenters. The molecule has 0 saturated heterocycles. The predicted molar refractivity (Wildman–Crippen MR) is 225 cm³/mol. The fourth-order valence-corrected chi connectivity index (χ4v) is 6.24. The Bertz CT molecular complexity index is 2870. The van der Waals surface area contributed by atoms with Gasteiger partial charge in [-0.3, -0.25) is 19.2 Å². The molecule has 1 amide bonds. The molecular formula is C42H40N12O7. The van der Waals surface area contributed by atoms with E-state index in [1.165, 1.54) is 0 Å². The molecular weight excluding hydrogens is 785 g/mol. The number of rotatable bonds is 12. The number of nitrogen functional groups attached to an aromatic ring is 3. The van der Waals surface area contributed by atoms with Crippen molar-refractivity contribution in [2.45, 2.75) is 52.3 Å². The quantitative estimate of drug-likeness (QED) is 0.0648. The monoisotopic (exact) mass is 824 g/mol. The minimum absolute atomic E-state index is 0.00783. The third-order valence-electron chi connectivity index (χ3n) is 9.06. The first-order valence-corrected chi connectivity index (χ1v) is 18.8. The van der Waals surface area contributed by atoms with E-state index in [9.17, 15) is 19.2 Å². The molecule has 0 aliphatic carbocycles. The molecule has 0 unspecified atom stereocenters. The van der Waals surface area contributed by atoms with Crippen LogP contribution in [0.3, 0.4) is 0 Å². The molecule has 7 N–H and O–H groups in total. The van der Waals surface area contributed by atoms with Gasteiger partial charge >= 0.3 is 5.97 Å². The van der Waals surface area contributed by atoms with Crippen LogP contribution in [-0.2, 0) is 27.4 Å². The Balaban J connectivity index is 0.000000196. The van der Waals surface area contributed by atoms with Crippen LogP contribution in [-0.4, -0.2) is 68.8 Å². The van der Waals surface area contributed by atoms with Gasteiger partial charge in [0.05, 0.1) is 41.6 Å². The molecule has 4 heterocycles. The maximum absolute atomic E-state index is 13.1. The van der Waals surface area contributed by atoms with E-state index in [1.54, 1.807) is 78.4 Å². The number of amides is 1. The summed E-state index contributed by atoms with van der Waals surface area (Å²) < 4.78 is 18.1. The first kappa shape index (κ1) is 41.0. The van der Waals surface area contributed by atoms with Crippen LogP contribution in [0.25, 0.3) is 45.1 Å². The van der Waals surface area contributed by atoms with Crippen LogP contribution < -0.4 is 22.5 Å². The lowest BCUT2D eigenvalue weighted by Gasteiger charge is -2.19. The van der Waals surface area contributed by atoms with E-state index < -0.39 is 11.6 Å². The van der Waals surface area contributed by atoms with E-state index in [2.05, 4.69) is 40.5 Å². The molecule has 19 nitrogen and oxygen atoms in total. The standard InChI is InChI=1S/C25H26N6O5.C17H14N6O2/c1-25(2,3)35-21(34)13-12-20(33)27-16-10-8-15(9-11-16)19(32)14-31-18-7-5-4-6-17(18)28-24(31)22-23(26)30-36-29-22;18-11-7-5-10(6-8-11)14(24)9-23-13-4-2-1-3-12(13)20-17(23)15-16(19)22-25-21-15/h4-11H,12-14H2,1-3H3,(H2,26,30)(H,27,33);1-8H,9,18H2,(H2,19,22). The fourth-order valence-electron chi connectivity index (χ4n) is 6.24. The van der Waals surface area contributed by atoms with Crippen molar-refractivity contribution in [3.8, 4) is 23.0 Å². The van der Waals surface area contributed by atoms with Crippen molar-refractivity contribution < 1.29 is 33.2 Å². The summed E-state index contributed by atoms with van der Waals surface area (Å²) in [6, 6.07) is 28.1. The maximum atomic E-state index is 13.1. The van der Waals surface area contributed by atoms with Crippen molar-refractivity contribution in [1.29, 1.82) is 0 Å². The highest BCUT2D eigenvalue weighted by Crippen LogP contribution is 2.29. The lowest BCUT2D eigenvalue weighted by atomic mass is 10.1. The normalized spacial score (nSPS) is 11.3. The Morgan fingerprint density at radius 1 is 0.623 bits per heavy atom. The second-order valence-corrected chi connectivity index (χ2v) is 14.7. The summed E-state index contributed by atoms with van der Waals surface area (Å²) in [6.45, 7) is 5.36. The Hall–Kier alpha value is -8.22. The third kappa shape index (κ3) is 9.57. The third-order valence-corrected chi connectivity index (χ3v) is 9.06. The van der Waals surface area contributed by atoms with Crippen molar-refractivity contribution in [2.75, 3.05) is 22.5 Å². The zero-order chi connectivity index (χ0) is 43.3. The van der Waals surface area contributed by atoms with E-state index >= 15 is 0 Å². The Labute approximate surface area is 346 Å². The lowest BCUT2D eigenvalue weighted by Crippen LogP contribution is -2.24. The number of Topliss-reactive ketones (excluding diaryl/α,β-unsaturated/α-hetero) is 2. The van der Waals surface area contributed by atoms with Crippen LogP contribution in [0.4, 0.5) is 23.0 Å². The van der Waals surface area contributed by atoms with E-state index in [1.807, 2.05) is 48.5 Å². The maximum Gasteiger partial charge on any atom is 0.306 e. The summed E-state index contributed by atoms with van der Waals surface area (Å²) in [5, 5.41) is 17.6. The zero-order valence-electron chi connectivity index (χ0n) is 33.2. The predicted octanol–water partition coefficient (Wildman–Crippen LogP) is 5.75. The summed E-state index contributed by atoms with van der Waals surface area (Å²) in [7, 11) is 0. The smallest absolute Gasteiger partial charge is 0.306 e. The van der Waals surface area contributed by atoms with Crippen LogP contribution in [0, 0.1) is 0 Å². The van der Waals surface area contributed by atoms with Gasteiger partial charge in [-0.2, -0.15) is 0 Å². The summed E-state index contributed by atoms with van der Waals surface area (Å²) in [5.41, 5.74) is 22.3. The highest BCUT2D eigenvalue weighted by Gasteiger charge is 2.23. The van der Waals surface area contributed by atoms with Gasteiger partial charge in [-0.1, -0.05) is 24.3 Å². The van der Waals surface area contributed by atoms with Crippen molar-refractivity contribution >= 4 is 68.5 Å². The number of benzene rings is 4. The van der Waals surface area contributed by atoms with Gasteiger partial charge in [0.2, 0.25) is 5.91 Å². The number of hydrogen-bond donors (Lipinski definition) is 4. The summed E-state index contributed by atoms with van der Waals surface area (Å²) >= 11 is 0.